The third kappa shape index (κ3) is 17.5. The predicted octanol–water partition coefficient (Wildman–Crippen LogP) is -2.75. The molecule has 10 N–H and O–H groups in total. The summed E-state index contributed by atoms with van der Waals surface area (Å²) in [6.07, 6.45) is -3.14. The monoisotopic (exact) mass is 474 g/mol. The van der Waals surface area contributed by atoms with Gasteiger partial charge in [0.2, 0.25) is 0 Å². The van der Waals surface area contributed by atoms with Gasteiger partial charge >= 0.3 is 35.8 Å². The van der Waals surface area contributed by atoms with E-state index >= 15 is 0 Å². The second kappa shape index (κ2) is 16.4. The van der Waals surface area contributed by atoms with Gasteiger partial charge in [-0.15, -0.1) is 0 Å². The molecule has 0 saturated heterocycles. The summed E-state index contributed by atoms with van der Waals surface area (Å²) >= 11 is 0. The summed E-state index contributed by atoms with van der Waals surface area (Å²) in [5.74, 6) is -10.0. The first kappa shape index (κ1) is 33.3. The van der Waals surface area contributed by atoms with Crippen LogP contribution in [0, 0.1) is 0 Å². The molecule has 0 atom stereocenters. The molecule has 0 rings (SSSR count). The van der Waals surface area contributed by atoms with Gasteiger partial charge in [0, 0.05) is 13.2 Å². The second-order valence-electron chi connectivity index (χ2n) is 6.11. The maximum Gasteiger partial charge on any atom is 0.336 e. The summed E-state index contributed by atoms with van der Waals surface area (Å²) in [6.45, 7) is 0.390. The van der Waals surface area contributed by atoms with Gasteiger partial charge in [-0.3, -0.25) is 19.2 Å². The minimum Gasteiger partial charge on any atom is -0.481 e. The highest BCUT2D eigenvalue weighted by molar-refractivity contribution is 5.88. The van der Waals surface area contributed by atoms with Crippen molar-refractivity contribution in [2.24, 2.45) is 0 Å². The molecule has 0 aliphatic rings. The second-order valence-corrected chi connectivity index (χ2v) is 6.11. The Morgan fingerprint density at radius 3 is 0.750 bits per heavy atom. The summed E-state index contributed by atoms with van der Waals surface area (Å²) in [4.78, 5) is 61.0. The molecule has 0 heterocycles. The molecule has 0 aromatic rings. The van der Waals surface area contributed by atoms with E-state index in [2.05, 4.69) is 0 Å². The Hall–Kier alpha value is -3.34. The Kier molecular flexibility index (Phi) is 17.0. The molecule has 0 amide bonds. The van der Waals surface area contributed by atoms with Crippen LogP contribution in [0.1, 0.15) is 38.5 Å². The van der Waals surface area contributed by atoms with E-state index in [9.17, 15) is 28.8 Å². The average Bonchev–Trinajstić information content (AvgIpc) is 2.57. The molecule has 0 aliphatic heterocycles. The van der Waals surface area contributed by atoms with E-state index in [1.54, 1.807) is 0 Å². The van der Waals surface area contributed by atoms with Gasteiger partial charge < -0.3 is 51.1 Å². The molecule has 0 aromatic carbocycles. The van der Waals surface area contributed by atoms with E-state index < -0.39 is 72.7 Å². The van der Waals surface area contributed by atoms with Crippen LogP contribution in [0.25, 0.3) is 0 Å². The minimum absolute atomic E-state index is 0.195. The lowest BCUT2D eigenvalue weighted by molar-refractivity contribution is -0.170. The quantitative estimate of drug-likeness (QED) is 0.121. The van der Waals surface area contributed by atoms with Gasteiger partial charge in [-0.05, 0) is 12.8 Å². The number of hydrogen-bond acceptors (Lipinski definition) is 10. The number of carbonyl (C=O) groups is 6. The first-order valence-electron chi connectivity index (χ1n) is 8.47. The number of aliphatic hydroxyl groups excluding tert-OH is 2. The zero-order chi connectivity index (χ0) is 26.1. The van der Waals surface area contributed by atoms with Gasteiger partial charge in [-0.1, -0.05) is 0 Å². The van der Waals surface area contributed by atoms with Gasteiger partial charge in [-0.25, -0.2) is 9.59 Å². The Bertz CT molecular complexity index is 566. The molecule has 0 fully saturated rings. The van der Waals surface area contributed by atoms with Crippen molar-refractivity contribution >= 4 is 35.8 Å². The Balaban J connectivity index is -0.000000422. The van der Waals surface area contributed by atoms with E-state index in [-0.39, 0.29) is 13.2 Å². The molecular weight excluding hydrogens is 448 g/mol. The molecule has 16 nitrogen and oxygen atoms in total. The third-order valence-electron chi connectivity index (χ3n) is 3.14. The van der Waals surface area contributed by atoms with E-state index in [4.69, 9.17) is 51.1 Å². The highest BCUT2D eigenvalue weighted by Gasteiger charge is 2.41. The highest BCUT2D eigenvalue weighted by atomic mass is 16.4. The van der Waals surface area contributed by atoms with E-state index in [1.807, 2.05) is 0 Å². The summed E-state index contributed by atoms with van der Waals surface area (Å²) in [5, 5.41) is 83.8. The van der Waals surface area contributed by atoms with Crippen molar-refractivity contribution in [3.05, 3.63) is 0 Å². The molecule has 32 heavy (non-hydrogen) atoms. The van der Waals surface area contributed by atoms with Crippen molar-refractivity contribution in [1.29, 1.82) is 0 Å². The fourth-order valence-electron chi connectivity index (χ4n) is 1.65. The van der Waals surface area contributed by atoms with Crippen molar-refractivity contribution in [3.8, 4) is 0 Å². The molecule has 0 bridgehead atoms. The molecule has 0 unspecified atom stereocenters. The average molecular weight is 474 g/mol. The summed E-state index contributed by atoms with van der Waals surface area (Å²) in [6, 6.07) is 0. The van der Waals surface area contributed by atoms with E-state index in [1.165, 1.54) is 0 Å². The topological polar surface area (TPSA) is 305 Å². The summed E-state index contributed by atoms with van der Waals surface area (Å²) < 4.78 is 0. The first-order chi connectivity index (χ1) is 14.5. The zero-order valence-corrected chi connectivity index (χ0v) is 16.6. The minimum atomic E-state index is -2.74. The number of aliphatic hydroxyl groups is 4. The fraction of sp³-hybridized carbons (Fsp3) is 0.625. The van der Waals surface area contributed by atoms with Crippen LogP contribution in [0.2, 0.25) is 0 Å². The SMILES string of the molecule is O=C(O)CC(O)(CC(=O)O)C(=O)O.O=C(O)CC(O)(CC(=O)O)C(=O)O.OCCCCO. The number of rotatable bonds is 13. The van der Waals surface area contributed by atoms with Crippen LogP contribution in [0.5, 0.6) is 0 Å². The van der Waals surface area contributed by atoms with E-state index in [0.717, 1.165) is 12.8 Å². The highest BCUT2D eigenvalue weighted by Crippen LogP contribution is 2.16. The summed E-state index contributed by atoms with van der Waals surface area (Å²) in [5.41, 5.74) is -5.48. The molecule has 0 saturated carbocycles. The Labute approximate surface area is 179 Å². The molecule has 16 heteroatoms. The molecule has 0 spiro atoms. The number of hydrogen-bond donors (Lipinski definition) is 10. The normalized spacial score (nSPS) is 10.5. The van der Waals surface area contributed by atoms with Crippen LogP contribution in [0.15, 0.2) is 0 Å². The van der Waals surface area contributed by atoms with Crippen LogP contribution in [-0.2, 0) is 28.8 Å². The third-order valence-corrected chi connectivity index (χ3v) is 3.14. The lowest BCUT2D eigenvalue weighted by Crippen LogP contribution is -2.42. The molecule has 0 radical (unpaired) electrons. The molecular formula is C16H26O16. The van der Waals surface area contributed by atoms with Crippen molar-refractivity contribution in [2.45, 2.75) is 49.7 Å². The Morgan fingerprint density at radius 1 is 0.469 bits per heavy atom. The fourth-order valence-corrected chi connectivity index (χ4v) is 1.65. The van der Waals surface area contributed by atoms with Crippen LogP contribution in [0.3, 0.4) is 0 Å². The van der Waals surface area contributed by atoms with Gasteiger partial charge in [0.1, 0.15) is 0 Å². The van der Waals surface area contributed by atoms with Gasteiger partial charge in [-0.2, -0.15) is 0 Å². The van der Waals surface area contributed by atoms with Crippen molar-refractivity contribution in [1.82, 2.24) is 0 Å². The Morgan fingerprint density at radius 2 is 0.656 bits per heavy atom. The number of carboxylic acid groups (broad SMARTS) is 6. The van der Waals surface area contributed by atoms with Crippen molar-refractivity contribution in [3.63, 3.8) is 0 Å². The number of carboxylic acids is 6. The van der Waals surface area contributed by atoms with Crippen LogP contribution >= 0.6 is 0 Å². The number of aliphatic carboxylic acids is 6. The van der Waals surface area contributed by atoms with Gasteiger partial charge in [0.05, 0.1) is 25.7 Å². The zero-order valence-electron chi connectivity index (χ0n) is 16.6. The maximum atomic E-state index is 10.3. The van der Waals surface area contributed by atoms with Gasteiger partial charge in [0.25, 0.3) is 0 Å². The maximum absolute atomic E-state index is 10.3. The first-order valence-corrected chi connectivity index (χ1v) is 8.47. The molecule has 0 aromatic heterocycles. The van der Waals surface area contributed by atoms with Crippen LogP contribution < -0.4 is 0 Å². The van der Waals surface area contributed by atoms with Crippen LogP contribution in [-0.4, -0.2) is 111 Å². The van der Waals surface area contributed by atoms with Gasteiger partial charge in [0.15, 0.2) is 11.2 Å². The number of unbranched alkanes of at least 4 members (excludes halogenated alkanes) is 1. The molecule has 0 aliphatic carbocycles. The predicted molar refractivity (Wildman–Crippen MR) is 97.6 cm³/mol. The summed E-state index contributed by atoms with van der Waals surface area (Å²) in [7, 11) is 0. The van der Waals surface area contributed by atoms with E-state index in [0.29, 0.717) is 0 Å². The van der Waals surface area contributed by atoms with Crippen molar-refractivity contribution in [2.75, 3.05) is 13.2 Å². The largest absolute Gasteiger partial charge is 0.481 e. The van der Waals surface area contributed by atoms with Crippen LogP contribution in [0.4, 0.5) is 0 Å². The smallest absolute Gasteiger partial charge is 0.336 e. The lowest BCUT2D eigenvalue weighted by atomic mass is 9.96. The lowest BCUT2D eigenvalue weighted by Gasteiger charge is -2.18. The standard InChI is InChI=1S/2C6H8O7.C4H10O2/c2*7-3(8)1-6(13,5(11)12)2-4(9)10;5-3-1-2-4-6/h2*13H,1-2H2,(H,7,8)(H,9,10)(H,11,12);5-6H,1-4H2. The van der Waals surface area contributed by atoms with Crippen molar-refractivity contribution < 1.29 is 79.8 Å². The molecule has 186 valence electrons.